The Morgan fingerprint density at radius 3 is 2.93 bits per heavy atom. The molecule has 1 heterocycles. The van der Waals surface area contributed by atoms with Crippen LogP contribution in [0.1, 0.15) is 6.92 Å². The van der Waals surface area contributed by atoms with E-state index in [4.69, 9.17) is 4.74 Å². The van der Waals surface area contributed by atoms with E-state index in [1.807, 2.05) is 0 Å². The van der Waals surface area contributed by atoms with Gasteiger partial charge in [0.05, 0.1) is 12.7 Å². The highest BCUT2D eigenvalue weighted by atomic mass is 16.5. The van der Waals surface area contributed by atoms with E-state index in [0.29, 0.717) is 6.10 Å². The summed E-state index contributed by atoms with van der Waals surface area (Å²) in [6.07, 6.45) is 0.385. The predicted octanol–water partition coefficient (Wildman–Crippen LogP) is -0.142. The summed E-state index contributed by atoms with van der Waals surface area (Å²) in [5.74, 6) is 0. The SMILES string of the molecule is CCNCCN1CCOC(CN(C)C)C1. The average molecular weight is 215 g/mol. The van der Waals surface area contributed by atoms with Gasteiger partial charge in [-0.25, -0.2) is 0 Å². The number of ether oxygens (including phenoxy) is 1. The third kappa shape index (κ3) is 5.47. The summed E-state index contributed by atoms with van der Waals surface area (Å²) < 4.78 is 5.72. The molecule has 1 aliphatic heterocycles. The minimum atomic E-state index is 0.385. The molecule has 0 aromatic carbocycles. The van der Waals surface area contributed by atoms with Gasteiger partial charge < -0.3 is 15.0 Å². The van der Waals surface area contributed by atoms with Gasteiger partial charge in [-0.1, -0.05) is 6.92 Å². The monoisotopic (exact) mass is 215 g/mol. The Morgan fingerprint density at radius 2 is 2.27 bits per heavy atom. The summed E-state index contributed by atoms with van der Waals surface area (Å²) in [5, 5.41) is 3.36. The summed E-state index contributed by atoms with van der Waals surface area (Å²) >= 11 is 0. The Bertz CT molecular complexity index is 164. The van der Waals surface area contributed by atoms with Crippen molar-refractivity contribution in [3.63, 3.8) is 0 Å². The molecule has 1 saturated heterocycles. The molecule has 0 amide bonds. The molecule has 1 atom stereocenters. The van der Waals surface area contributed by atoms with Gasteiger partial charge in [-0.3, -0.25) is 4.90 Å². The molecule has 15 heavy (non-hydrogen) atoms. The zero-order chi connectivity index (χ0) is 11.1. The maximum Gasteiger partial charge on any atom is 0.0829 e. The highest BCUT2D eigenvalue weighted by molar-refractivity contribution is 4.73. The van der Waals surface area contributed by atoms with Crippen molar-refractivity contribution in [2.24, 2.45) is 0 Å². The molecule has 0 aromatic heterocycles. The minimum Gasteiger partial charge on any atom is -0.374 e. The Kier molecular flexibility index (Phi) is 6.17. The van der Waals surface area contributed by atoms with Crippen molar-refractivity contribution >= 4 is 0 Å². The number of hydrogen-bond acceptors (Lipinski definition) is 4. The standard InChI is InChI=1S/C11H25N3O/c1-4-12-5-6-14-7-8-15-11(10-14)9-13(2)3/h11-12H,4-10H2,1-3H3. The van der Waals surface area contributed by atoms with Gasteiger partial charge in [0.2, 0.25) is 0 Å². The van der Waals surface area contributed by atoms with Crippen LogP contribution in [0.15, 0.2) is 0 Å². The highest BCUT2D eigenvalue weighted by Gasteiger charge is 2.20. The van der Waals surface area contributed by atoms with Crippen molar-refractivity contribution in [1.82, 2.24) is 15.1 Å². The van der Waals surface area contributed by atoms with Gasteiger partial charge in [0.15, 0.2) is 0 Å². The molecule has 4 nitrogen and oxygen atoms in total. The topological polar surface area (TPSA) is 27.7 Å². The summed E-state index contributed by atoms with van der Waals surface area (Å²) in [4.78, 5) is 4.68. The van der Waals surface area contributed by atoms with Crippen LogP contribution in [0.25, 0.3) is 0 Å². The molecular formula is C11H25N3O. The van der Waals surface area contributed by atoms with E-state index >= 15 is 0 Å². The third-order valence-electron chi connectivity index (χ3n) is 2.65. The van der Waals surface area contributed by atoms with Gasteiger partial charge in [-0.15, -0.1) is 0 Å². The van der Waals surface area contributed by atoms with Crippen molar-refractivity contribution in [3.05, 3.63) is 0 Å². The molecule has 0 aliphatic carbocycles. The fraction of sp³-hybridized carbons (Fsp3) is 1.00. The second-order valence-corrected chi connectivity index (χ2v) is 4.41. The minimum absolute atomic E-state index is 0.385. The predicted molar refractivity (Wildman–Crippen MR) is 63.3 cm³/mol. The molecular weight excluding hydrogens is 190 g/mol. The molecule has 1 aliphatic rings. The van der Waals surface area contributed by atoms with Crippen LogP contribution < -0.4 is 5.32 Å². The van der Waals surface area contributed by atoms with Gasteiger partial charge >= 0.3 is 0 Å². The van der Waals surface area contributed by atoms with Crippen molar-refractivity contribution in [2.45, 2.75) is 13.0 Å². The fourth-order valence-corrected chi connectivity index (χ4v) is 1.92. The number of morpholine rings is 1. The Labute approximate surface area is 93.6 Å². The van der Waals surface area contributed by atoms with E-state index < -0.39 is 0 Å². The van der Waals surface area contributed by atoms with E-state index in [1.165, 1.54) is 0 Å². The van der Waals surface area contributed by atoms with Crippen LogP contribution in [-0.2, 0) is 4.74 Å². The van der Waals surface area contributed by atoms with E-state index in [-0.39, 0.29) is 0 Å². The Morgan fingerprint density at radius 1 is 1.47 bits per heavy atom. The molecule has 1 unspecified atom stereocenters. The van der Waals surface area contributed by atoms with Crippen LogP contribution in [0.3, 0.4) is 0 Å². The van der Waals surface area contributed by atoms with E-state index in [0.717, 1.165) is 45.9 Å². The fourth-order valence-electron chi connectivity index (χ4n) is 1.92. The first-order valence-corrected chi connectivity index (χ1v) is 5.91. The summed E-state index contributed by atoms with van der Waals surface area (Å²) in [6, 6.07) is 0. The van der Waals surface area contributed by atoms with Crippen molar-refractivity contribution < 1.29 is 4.74 Å². The van der Waals surface area contributed by atoms with Crippen molar-refractivity contribution in [2.75, 3.05) is 60.0 Å². The first-order valence-electron chi connectivity index (χ1n) is 5.91. The highest BCUT2D eigenvalue weighted by Crippen LogP contribution is 2.05. The lowest BCUT2D eigenvalue weighted by atomic mass is 10.2. The zero-order valence-electron chi connectivity index (χ0n) is 10.3. The first kappa shape index (κ1) is 12.9. The van der Waals surface area contributed by atoms with Gasteiger partial charge in [0, 0.05) is 32.7 Å². The van der Waals surface area contributed by atoms with E-state index in [9.17, 15) is 0 Å². The van der Waals surface area contributed by atoms with Gasteiger partial charge in [0.25, 0.3) is 0 Å². The van der Waals surface area contributed by atoms with E-state index in [1.54, 1.807) is 0 Å². The normalized spacial score (nSPS) is 23.6. The quantitative estimate of drug-likeness (QED) is 0.624. The van der Waals surface area contributed by atoms with Crippen molar-refractivity contribution in [3.8, 4) is 0 Å². The smallest absolute Gasteiger partial charge is 0.0829 e. The van der Waals surface area contributed by atoms with Crippen LogP contribution in [-0.4, -0.2) is 75.9 Å². The van der Waals surface area contributed by atoms with Crippen LogP contribution in [0, 0.1) is 0 Å². The zero-order valence-corrected chi connectivity index (χ0v) is 10.3. The molecule has 0 saturated carbocycles. The lowest BCUT2D eigenvalue weighted by Crippen LogP contribution is -2.48. The largest absolute Gasteiger partial charge is 0.374 e. The van der Waals surface area contributed by atoms with E-state index in [2.05, 4.69) is 36.1 Å². The maximum absolute atomic E-state index is 5.72. The van der Waals surface area contributed by atoms with Gasteiger partial charge in [0.1, 0.15) is 0 Å². The lowest BCUT2D eigenvalue weighted by Gasteiger charge is -2.34. The molecule has 4 heteroatoms. The number of likely N-dealkylation sites (N-methyl/N-ethyl adjacent to an activating group) is 2. The van der Waals surface area contributed by atoms with Crippen LogP contribution in [0.4, 0.5) is 0 Å². The van der Waals surface area contributed by atoms with Gasteiger partial charge in [-0.2, -0.15) is 0 Å². The molecule has 1 N–H and O–H groups in total. The Hall–Kier alpha value is -0.160. The second kappa shape index (κ2) is 7.17. The third-order valence-corrected chi connectivity index (χ3v) is 2.65. The molecule has 0 radical (unpaired) electrons. The van der Waals surface area contributed by atoms with Crippen LogP contribution >= 0.6 is 0 Å². The molecule has 0 aromatic rings. The number of nitrogens with zero attached hydrogens (tertiary/aromatic N) is 2. The Balaban J connectivity index is 2.17. The van der Waals surface area contributed by atoms with Crippen LogP contribution in [0.2, 0.25) is 0 Å². The van der Waals surface area contributed by atoms with Crippen molar-refractivity contribution in [1.29, 1.82) is 0 Å². The number of nitrogens with one attached hydrogen (secondary N) is 1. The summed E-state index contributed by atoms with van der Waals surface area (Å²) in [7, 11) is 4.20. The number of rotatable bonds is 6. The van der Waals surface area contributed by atoms with Crippen LogP contribution in [0.5, 0.6) is 0 Å². The molecule has 1 rings (SSSR count). The summed E-state index contributed by atoms with van der Waals surface area (Å²) in [5.41, 5.74) is 0. The van der Waals surface area contributed by atoms with Gasteiger partial charge in [-0.05, 0) is 20.6 Å². The lowest BCUT2D eigenvalue weighted by molar-refractivity contribution is -0.0374. The maximum atomic E-state index is 5.72. The summed E-state index contributed by atoms with van der Waals surface area (Å²) in [6.45, 7) is 9.49. The first-order chi connectivity index (χ1) is 7.22. The molecule has 0 spiro atoms. The number of hydrogen-bond donors (Lipinski definition) is 1. The molecule has 1 fully saturated rings. The second-order valence-electron chi connectivity index (χ2n) is 4.41. The molecule has 0 bridgehead atoms. The molecule has 90 valence electrons. The average Bonchev–Trinajstić information content (AvgIpc) is 2.18.